The van der Waals surface area contributed by atoms with Crippen LogP contribution in [-0.4, -0.2) is 37.1 Å². The van der Waals surface area contributed by atoms with Gasteiger partial charge in [0.2, 0.25) is 0 Å². The molecular weight excluding hydrogens is 294 g/mol. The van der Waals surface area contributed by atoms with Gasteiger partial charge >= 0.3 is 0 Å². The fourth-order valence-corrected chi connectivity index (χ4v) is 3.79. The monoisotopic (exact) mass is 334 g/mol. The first-order valence-electron chi connectivity index (χ1n) is 10.7. The summed E-state index contributed by atoms with van der Waals surface area (Å²) >= 11 is 0. The van der Waals surface area contributed by atoms with Gasteiger partial charge in [-0.05, 0) is 44.7 Å². The molecule has 0 aromatic rings. The number of nitrogens with one attached hydrogen (secondary N) is 2. The lowest BCUT2D eigenvalue weighted by molar-refractivity contribution is -0.477. The third-order valence-electron chi connectivity index (χ3n) is 5.31. The Morgan fingerprint density at radius 1 is 0.667 bits per heavy atom. The van der Waals surface area contributed by atoms with E-state index in [-0.39, 0.29) is 0 Å². The highest BCUT2D eigenvalue weighted by atomic mass is 15.1. The van der Waals surface area contributed by atoms with Gasteiger partial charge in [-0.1, -0.05) is 38.5 Å². The minimum absolute atomic E-state index is 0.955. The second-order valence-electron chi connectivity index (χ2n) is 7.46. The zero-order valence-electron chi connectivity index (χ0n) is 15.8. The van der Waals surface area contributed by atoms with Gasteiger partial charge in [0.15, 0.2) is 5.70 Å². The molecule has 3 nitrogen and oxygen atoms in total. The molecule has 1 aliphatic heterocycles. The zero-order valence-corrected chi connectivity index (χ0v) is 15.8. The maximum absolute atomic E-state index is 3.49. The lowest BCUT2D eigenvalue weighted by Gasteiger charge is -2.11. The van der Waals surface area contributed by atoms with Crippen LogP contribution < -0.4 is 10.6 Å². The second-order valence-corrected chi connectivity index (χ2v) is 7.46. The van der Waals surface area contributed by atoms with Gasteiger partial charge in [-0.2, -0.15) is 0 Å². The molecule has 0 unspecified atom stereocenters. The van der Waals surface area contributed by atoms with Crippen LogP contribution in [0.1, 0.15) is 89.9 Å². The van der Waals surface area contributed by atoms with E-state index in [9.17, 15) is 0 Å². The van der Waals surface area contributed by atoms with Gasteiger partial charge in [0.25, 0.3) is 0 Å². The van der Waals surface area contributed by atoms with Crippen LogP contribution in [0, 0.1) is 0 Å². The Balaban J connectivity index is 1.96. The molecule has 0 radical (unpaired) electrons. The predicted molar refractivity (Wildman–Crippen MR) is 105 cm³/mol. The molecule has 0 aromatic heterocycles. The van der Waals surface area contributed by atoms with E-state index in [2.05, 4.69) is 27.5 Å². The van der Waals surface area contributed by atoms with E-state index in [0.29, 0.717) is 0 Å². The van der Waals surface area contributed by atoms with Crippen LogP contribution in [-0.2, 0) is 0 Å². The zero-order chi connectivity index (χ0) is 16.7. The van der Waals surface area contributed by atoms with Gasteiger partial charge in [-0.3, -0.25) is 0 Å². The molecule has 0 bridgehead atoms. The molecule has 0 spiro atoms. The topological polar surface area (TPSA) is 27.1 Å². The molecule has 2 N–H and O–H groups in total. The average Bonchev–Trinajstić information content (AvgIpc) is 2.56. The Morgan fingerprint density at radius 3 is 2.25 bits per heavy atom. The first-order chi connectivity index (χ1) is 12.0. The van der Waals surface area contributed by atoms with E-state index in [4.69, 9.17) is 0 Å². The Morgan fingerprint density at radius 2 is 1.38 bits per heavy atom. The number of allylic oxidation sites excluding steroid dienone is 2. The van der Waals surface area contributed by atoms with E-state index >= 15 is 0 Å². The molecule has 138 valence electrons. The molecule has 0 fully saturated rings. The summed E-state index contributed by atoms with van der Waals surface area (Å²) in [5.41, 5.74) is 1.62. The molecule has 2 rings (SSSR count). The lowest BCUT2D eigenvalue weighted by atomic mass is 10.0. The smallest absolute Gasteiger partial charge is 0.176 e. The highest BCUT2D eigenvalue weighted by Crippen LogP contribution is 2.18. The summed E-state index contributed by atoms with van der Waals surface area (Å²) in [4.78, 5) is 0. The van der Waals surface area contributed by atoms with Crippen LogP contribution in [0.4, 0.5) is 0 Å². The van der Waals surface area contributed by atoms with Crippen LogP contribution in [0.2, 0.25) is 0 Å². The molecule has 3 heteroatoms. The normalized spacial score (nSPS) is 28.7. The van der Waals surface area contributed by atoms with E-state index in [0.717, 1.165) is 26.2 Å². The van der Waals surface area contributed by atoms with Gasteiger partial charge in [-0.15, -0.1) is 0 Å². The van der Waals surface area contributed by atoms with Gasteiger partial charge in [0, 0.05) is 32.5 Å². The van der Waals surface area contributed by atoms with Crippen molar-refractivity contribution in [3.8, 4) is 0 Å². The molecule has 0 saturated heterocycles. The molecule has 0 saturated carbocycles. The third kappa shape index (κ3) is 8.98. The highest BCUT2D eigenvalue weighted by Gasteiger charge is 2.13. The molecular formula is C21H40N3+. The van der Waals surface area contributed by atoms with Crippen molar-refractivity contribution in [1.82, 2.24) is 10.6 Å². The Kier molecular flexibility index (Phi) is 11.1. The summed E-state index contributed by atoms with van der Waals surface area (Å²) in [6.45, 7) is 4.40. The number of hydrogen-bond acceptors (Lipinski definition) is 2. The minimum Gasteiger partial charge on any atom is -0.304 e. The first-order valence-corrected chi connectivity index (χ1v) is 10.7. The molecule has 24 heavy (non-hydrogen) atoms. The largest absolute Gasteiger partial charge is 0.304 e. The molecule has 1 aliphatic carbocycles. The minimum atomic E-state index is 0.955. The van der Waals surface area contributed by atoms with Crippen LogP contribution >= 0.6 is 0 Å². The SMILES string of the molecule is C1=[N+](\C2=C\CCCCCCCCCC2)CCCCCNCNCC/1. The van der Waals surface area contributed by atoms with Crippen molar-refractivity contribution in [2.75, 3.05) is 26.3 Å². The van der Waals surface area contributed by atoms with Crippen LogP contribution in [0.25, 0.3) is 0 Å². The van der Waals surface area contributed by atoms with Crippen molar-refractivity contribution in [1.29, 1.82) is 0 Å². The predicted octanol–water partition coefficient (Wildman–Crippen LogP) is 4.58. The van der Waals surface area contributed by atoms with Crippen LogP contribution in [0.15, 0.2) is 11.8 Å². The Hall–Kier alpha value is -0.670. The van der Waals surface area contributed by atoms with Crippen molar-refractivity contribution >= 4 is 6.21 Å². The fraction of sp³-hybridized carbons (Fsp3) is 0.857. The maximum atomic E-state index is 3.49. The summed E-state index contributed by atoms with van der Waals surface area (Å²) in [6, 6.07) is 0. The molecule has 1 heterocycles. The van der Waals surface area contributed by atoms with Crippen molar-refractivity contribution in [3.63, 3.8) is 0 Å². The Bertz CT molecular complexity index is 337. The molecule has 0 aromatic carbocycles. The second kappa shape index (κ2) is 13.6. The first kappa shape index (κ1) is 19.7. The van der Waals surface area contributed by atoms with Gasteiger partial charge < -0.3 is 10.6 Å². The summed E-state index contributed by atoms with van der Waals surface area (Å²) in [5, 5.41) is 6.96. The van der Waals surface area contributed by atoms with E-state index < -0.39 is 0 Å². The van der Waals surface area contributed by atoms with E-state index in [1.54, 1.807) is 5.70 Å². The lowest BCUT2D eigenvalue weighted by Crippen LogP contribution is -2.31. The van der Waals surface area contributed by atoms with Crippen molar-refractivity contribution in [2.24, 2.45) is 0 Å². The van der Waals surface area contributed by atoms with Crippen molar-refractivity contribution < 1.29 is 4.58 Å². The Labute approximate surface area is 150 Å². The van der Waals surface area contributed by atoms with Gasteiger partial charge in [0.05, 0.1) is 0 Å². The maximum Gasteiger partial charge on any atom is 0.176 e. The van der Waals surface area contributed by atoms with E-state index in [1.165, 1.54) is 90.0 Å². The summed E-state index contributed by atoms with van der Waals surface area (Å²) in [7, 11) is 0. The van der Waals surface area contributed by atoms with Crippen molar-refractivity contribution in [2.45, 2.75) is 89.9 Å². The van der Waals surface area contributed by atoms with Crippen LogP contribution in [0.3, 0.4) is 0 Å². The molecule has 0 amide bonds. The standard InChI is InChI=1S/C21H40N3/c1-2-4-6-9-14-21(15-10-7-5-3-1)24-18-12-8-11-16-22-20-23-17-13-19-24/h14,19,22-23H,1-13,15-18,20H2/q+1/b21-14+,24-19-. The third-order valence-corrected chi connectivity index (χ3v) is 5.31. The number of hydrogen-bond donors (Lipinski definition) is 2. The quantitative estimate of drug-likeness (QED) is 0.687. The number of rotatable bonds is 1. The molecule has 2 aliphatic rings. The summed E-state index contributed by atoms with van der Waals surface area (Å²) < 4.78 is 2.61. The summed E-state index contributed by atoms with van der Waals surface area (Å²) in [6.07, 6.45) is 24.1. The van der Waals surface area contributed by atoms with Gasteiger partial charge in [0.1, 0.15) is 12.8 Å². The van der Waals surface area contributed by atoms with Crippen molar-refractivity contribution in [3.05, 3.63) is 11.8 Å². The van der Waals surface area contributed by atoms with Gasteiger partial charge in [-0.25, -0.2) is 4.58 Å². The average molecular weight is 335 g/mol. The molecule has 0 atom stereocenters. The highest BCUT2D eigenvalue weighted by molar-refractivity contribution is 5.52. The van der Waals surface area contributed by atoms with Crippen LogP contribution in [0.5, 0.6) is 0 Å². The number of nitrogens with zero attached hydrogens (tertiary/aromatic N) is 1. The summed E-state index contributed by atoms with van der Waals surface area (Å²) in [5.74, 6) is 0. The van der Waals surface area contributed by atoms with E-state index in [1.807, 2.05) is 0 Å². The fourth-order valence-electron chi connectivity index (χ4n) is 3.79.